The molecule has 5 nitrogen and oxygen atoms in total. The second-order valence-electron chi connectivity index (χ2n) is 6.08. The maximum atomic E-state index is 12.2. The van der Waals surface area contributed by atoms with Crippen molar-refractivity contribution in [3.63, 3.8) is 0 Å². The molecule has 1 N–H and O–H groups in total. The van der Waals surface area contributed by atoms with Gasteiger partial charge in [-0.3, -0.25) is 4.79 Å². The van der Waals surface area contributed by atoms with Gasteiger partial charge in [-0.2, -0.15) is 0 Å². The number of aromatic nitrogens is 1. The summed E-state index contributed by atoms with van der Waals surface area (Å²) in [5.41, 5.74) is 2.42. The lowest BCUT2D eigenvalue weighted by Crippen LogP contribution is -2.35. The third-order valence-corrected chi connectivity index (χ3v) is 3.68. The zero-order valence-corrected chi connectivity index (χ0v) is 14.5. The third-order valence-electron chi connectivity index (χ3n) is 3.68. The molecule has 22 heavy (non-hydrogen) atoms. The molecule has 0 aliphatic rings. The summed E-state index contributed by atoms with van der Waals surface area (Å²) in [6.07, 6.45) is 1.91. The average Bonchev–Trinajstić information content (AvgIpc) is 2.71. The quantitative estimate of drug-likeness (QED) is 0.787. The zero-order chi connectivity index (χ0) is 16.9. The third kappa shape index (κ3) is 4.61. The van der Waals surface area contributed by atoms with Crippen molar-refractivity contribution < 1.29 is 14.3 Å². The molecule has 0 spiro atoms. The van der Waals surface area contributed by atoms with Crippen molar-refractivity contribution in [2.24, 2.45) is 0 Å². The Morgan fingerprint density at radius 3 is 2.41 bits per heavy atom. The fraction of sp³-hybridized carbons (Fsp3) is 0.647. The van der Waals surface area contributed by atoms with Crippen LogP contribution in [0.3, 0.4) is 0 Å². The van der Waals surface area contributed by atoms with E-state index in [2.05, 4.69) is 30.7 Å². The summed E-state index contributed by atoms with van der Waals surface area (Å²) in [7, 11) is 0. The van der Waals surface area contributed by atoms with Gasteiger partial charge in [0.2, 0.25) is 0 Å². The largest absolute Gasteiger partial charge is 0.452 e. The number of carbonyl (C=O) groups excluding carboxylic acids is 2. The van der Waals surface area contributed by atoms with Crippen LogP contribution in [0.4, 0.5) is 0 Å². The number of nitrogens with one attached hydrogen (secondary N) is 1. The van der Waals surface area contributed by atoms with Crippen molar-refractivity contribution in [2.45, 2.75) is 66.5 Å². The summed E-state index contributed by atoms with van der Waals surface area (Å²) in [6.45, 7) is 11.8. The second-order valence-corrected chi connectivity index (χ2v) is 6.08. The molecule has 0 saturated carbocycles. The van der Waals surface area contributed by atoms with Crippen LogP contribution in [0.5, 0.6) is 0 Å². The fourth-order valence-corrected chi connectivity index (χ4v) is 2.81. The molecule has 0 saturated heterocycles. The van der Waals surface area contributed by atoms with Crippen LogP contribution < -0.4 is 5.32 Å². The standard InChI is InChI=1S/C17H28N2O3/c1-7-8-12(4)18-16(20)10-22-17(21)15-9-13(5)19(11(2)3)14(15)6/h9,11-12H,7-8,10H2,1-6H3,(H,18,20)/t12-/m1/s1. The van der Waals surface area contributed by atoms with Crippen LogP contribution in [0, 0.1) is 13.8 Å². The van der Waals surface area contributed by atoms with E-state index in [4.69, 9.17) is 4.74 Å². The Morgan fingerprint density at radius 1 is 1.27 bits per heavy atom. The molecule has 0 fully saturated rings. The molecule has 124 valence electrons. The first kappa shape index (κ1) is 18.3. The van der Waals surface area contributed by atoms with Gasteiger partial charge in [0.1, 0.15) is 0 Å². The minimum Gasteiger partial charge on any atom is -0.452 e. The van der Waals surface area contributed by atoms with Gasteiger partial charge in [0.15, 0.2) is 6.61 Å². The predicted octanol–water partition coefficient (Wildman–Crippen LogP) is 3.15. The van der Waals surface area contributed by atoms with Crippen LogP contribution in [-0.4, -0.2) is 29.1 Å². The molecule has 0 bridgehead atoms. The van der Waals surface area contributed by atoms with E-state index in [-0.39, 0.29) is 24.6 Å². The summed E-state index contributed by atoms with van der Waals surface area (Å²) in [4.78, 5) is 23.9. The molecule has 0 unspecified atom stereocenters. The summed E-state index contributed by atoms with van der Waals surface area (Å²) >= 11 is 0. The molecule has 1 atom stereocenters. The highest BCUT2D eigenvalue weighted by atomic mass is 16.5. The highest BCUT2D eigenvalue weighted by Crippen LogP contribution is 2.20. The number of amides is 1. The van der Waals surface area contributed by atoms with Gasteiger partial charge >= 0.3 is 5.97 Å². The van der Waals surface area contributed by atoms with Gasteiger partial charge in [0.25, 0.3) is 5.91 Å². The number of aryl methyl sites for hydroxylation is 1. The Hall–Kier alpha value is -1.78. The molecular weight excluding hydrogens is 280 g/mol. The molecule has 1 heterocycles. The van der Waals surface area contributed by atoms with Crippen molar-refractivity contribution in [3.8, 4) is 0 Å². The lowest BCUT2D eigenvalue weighted by atomic mass is 10.2. The summed E-state index contributed by atoms with van der Waals surface area (Å²) in [6, 6.07) is 2.19. The van der Waals surface area contributed by atoms with Crippen LogP contribution >= 0.6 is 0 Å². The van der Waals surface area contributed by atoms with E-state index in [1.54, 1.807) is 0 Å². The normalized spacial score (nSPS) is 12.3. The molecular formula is C17H28N2O3. The number of nitrogens with zero attached hydrogens (tertiary/aromatic N) is 1. The van der Waals surface area contributed by atoms with Gasteiger partial charge in [0.05, 0.1) is 5.56 Å². The van der Waals surface area contributed by atoms with Crippen molar-refractivity contribution in [1.82, 2.24) is 9.88 Å². The van der Waals surface area contributed by atoms with Crippen LogP contribution in [-0.2, 0) is 9.53 Å². The summed E-state index contributed by atoms with van der Waals surface area (Å²) < 4.78 is 7.22. The highest BCUT2D eigenvalue weighted by Gasteiger charge is 2.19. The van der Waals surface area contributed by atoms with Crippen LogP contribution in [0.1, 0.15) is 68.3 Å². The Labute approximate surface area is 133 Å². The molecule has 0 aromatic carbocycles. The molecule has 0 aliphatic heterocycles. The van der Waals surface area contributed by atoms with E-state index in [0.717, 1.165) is 24.2 Å². The molecule has 0 aliphatic carbocycles. The fourth-order valence-electron chi connectivity index (χ4n) is 2.81. The maximum absolute atomic E-state index is 12.2. The van der Waals surface area contributed by atoms with Crippen LogP contribution in [0.25, 0.3) is 0 Å². The predicted molar refractivity (Wildman–Crippen MR) is 87.1 cm³/mol. The molecule has 1 amide bonds. The molecule has 1 aromatic rings. The van der Waals surface area contributed by atoms with Crippen molar-refractivity contribution in [1.29, 1.82) is 0 Å². The Balaban J connectivity index is 2.63. The number of rotatable bonds is 7. The minimum atomic E-state index is -0.446. The number of hydrogen-bond donors (Lipinski definition) is 1. The van der Waals surface area contributed by atoms with Gasteiger partial charge in [-0.05, 0) is 47.1 Å². The van der Waals surface area contributed by atoms with E-state index in [0.29, 0.717) is 5.56 Å². The van der Waals surface area contributed by atoms with Gasteiger partial charge in [0, 0.05) is 23.5 Å². The number of ether oxygens (including phenoxy) is 1. The van der Waals surface area contributed by atoms with Gasteiger partial charge < -0.3 is 14.6 Å². The molecule has 1 rings (SSSR count). The number of hydrogen-bond acceptors (Lipinski definition) is 3. The van der Waals surface area contributed by atoms with Crippen molar-refractivity contribution >= 4 is 11.9 Å². The Bertz CT molecular complexity index is 532. The average molecular weight is 308 g/mol. The van der Waals surface area contributed by atoms with E-state index in [1.165, 1.54) is 0 Å². The second kappa shape index (κ2) is 8.01. The SMILES string of the molecule is CCC[C@@H](C)NC(=O)COC(=O)c1cc(C)n(C(C)C)c1C. The van der Waals surface area contributed by atoms with Crippen molar-refractivity contribution in [2.75, 3.05) is 6.61 Å². The van der Waals surface area contributed by atoms with E-state index < -0.39 is 5.97 Å². The molecule has 5 heteroatoms. The van der Waals surface area contributed by atoms with Crippen LogP contribution in [0.15, 0.2) is 6.07 Å². The van der Waals surface area contributed by atoms with E-state index in [9.17, 15) is 9.59 Å². The number of carbonyl (C=O) groups is 2. The van der Waals surface area contributed by atoms with E-state index in [1.807, 2.05) is 26.8 Å². The first-order valence-corrected chi connectivity index (χ1v) is 7.92. The Morgan fingerprint density at radius 2 is 1.91 bits per heavy atom. The molecule has 0 radical (unpaired) electrons. The highest BCUT2D eigenvalue weighted by molar-refractivity contribution is 5.92. The minimum absolute atomic E-state index is 0.0993. The van der Waals surface area contributed by atoms with Gasteiger partial charge in [-0.1, -0.05) is 13.3 Å². The number of esters is 1. The summed E-state index contributed by atoms with van der Waals surface area (Å²) in [5, 5.41) is 2.82. The topological polar surface area (TPSA) is 60.3 Å². The smallest absolute Gasteiger partial charge is 0.340 e. The maximum Gasteiger partial charge on any atom is 0.340 e. The lowest BCUT2D eigenvalue weighted by Gasteiger charge is -2.14. The Kier molecular flexibility index (Phi) is 6.65. The lowest BCUT2D eigenvalue weighted by molar-refractivity contribution is -0.124. The summed E-state index contributed by atoms with van der Waals surface area (Å²) in [5.74, 6) is -0.703. The first-order valence-electron chi connectivity index (χ1n) is 7.92. The van der Waals surface area contributed by atoms with Gasteiger partial charge in [-0.25, -0.2) is 4.79 Å². The van der Waals surface area contributed by atoms with Gasteiger partial charge in [-0.15, -0.1) is 0 Å². The first-order chi connectivity index (χ1) is 10.3. The van der Waals surface area contributed by atoms with E-state index >= 15 is 0 Å². The van der Waals surface area contributed by atoms with Crippen molar-refractivity contribution in [3.05, 3.63) is 23.0 Å². The molecule has 1 aromatic heterocycles. The monoisotopic (exact) mass is 308 g/mol. The zero-order valence-electron chi connectivity index (χ0n) is 14.5. The van der Waals surface area contributed by atoms with Crippen LogP contribution in [0.2, 0.25) is 0 Å².